The van der Waals surface area contributed by atoms with Crippen molar-refractivity contribution in [3.63, 3.8) is 0 Å². The predicted octanol–water partition coefficient (Wildman–Crippen LogP) is 0.972. The van der Waals surface area contributed by atoms with E-state index in [1.165, 1.54) is 26.2 Å². The smallest absolute Gasteiger partial charge is 0.339 e. The molecule has 0 spiro atoms. The van der Waals surface area contributed by atoms with Gasteiger partial charge in [0.05, 0.1) is 30.2 Å². The lowest BCUT2D eigenvalue weighted by Crippen LogP contribution is -2.15. The van der Waals surface area contributed by atoms with Crippen LogP contribution in [-0.2, 0) is 19.3 Å². The zero-order valence-corrected chi connectivity index (χ0v) is 11.8. The second-order valence-electron chi connectivity index (χ2n) is 3.87. The maximum Gasteiger partial charge on any atom is 0.339 e. The Morgan fingerprint density at radius 3 is 2.00 bits per heavy atom. The van der Waals surface area contributed by atoms with Crippen molar-refractivity contribution < 1.29 is 27.5 Å². The maximum atomic E-state index is 11.7. The topological polar surface area (TPSA) is 86.7 Å². The van der Waals surface area contributed by atoms with Crippen molar-refractivity contribution in [2.75, 3.05) is 20.5 Å². The average molecular weight is 286 g/mol. The summed E-state index contributed by atoms with van der Waals surface area (Å²) in [5, 5.41) is 0. The Morgan fingerprint density at radius 1 is 1.05 bits per heavy atom. The lowest BCUT2D eigenvalue weighted by Gasteiger charge is -2.12. The van der Waals surface area contributed by atoms with E-state index in [0.717, 1.165) is 13.4 Å². The van der Waals surface area contributed by atoms with Crippen LogP contribution >= 0.6 is 0 Å². The molecule has 6 nitrogen and oxygen atoms in total. The lowest BCUT2D eigenvalue weighted by atomic mass is 10.0. The molecule has 0 aliphatic heterocycles. The van der Waals surface area contributed by atoms with E-state index in [4.69, 9.17) is 0 Å². The number of carbonyl (C=O) groups excluding carboxylic acids is 2. The van der Waals surface area contributed by atoms with Gasteiger partial charge in [0.1, 0.15) is 0 Å². The van der Waals surface area contributed by atoms with Gasteiger partial charge in [-0.1, -0.05) is 0 Å². The number of methoxy groups -OCH3 is 2. The van der Waals surface area contributed by atoms with Crippen LogP contribution in [0, 0.1) is 6.92 Å². The minimum absolute atomic E-state index is 0.121. The number of ether oxygens (including phenoxy) is 2. The van der Waals surface area contributed by atoms with E-state index in [2.05, 4.69) is 9.47 Å². The highest BCUT2D eigenvalue weighted by Gasteiger charge is 2.25. The summed E-state index contributed by atoms with van der Waals surface area (Å²) < 4.78 is 32.4. The Balaban J connectivity index is 3.69. The summed E-state index contributed by atoms with van der Waals surface area (Å²) in [5.41, 5.74) is 0.185. The first kappa shape index (κ1) is 15.2. The molecule has 0 fully saturated rings. The third-order valence-corrected chi connectivity index (χ3v) is 3.76. The molecule has 0 unspecified atom stereocenters. The first-order valence-electron chi connectivity index (χ1n) is 5.24. The monoisotopic (exact) mass is 286 g/mol. The molecule has 0 saturated heterocycles. The molecule has 104 valence electrons. The minimum atomic E-state index is -3.61. The highest BCUT2D eigenvalue weighted by Crippen LogP contribution is 2.24. The van der Waals surface area contributed by atoms with Gasteiger partial charge in [-0.15, -0.1) is 0 Å². The Labute approximate surface area is 111 Å². The second kappa shape index (κ2) is 5.40. The van der Waals surface area contributed by atoms with Crippen molar-refractivity contribution in [3.05, 3.63) is 28.8 Å². The fourth-order valence-electron chi connectivity index (χ4n) is 1.68. The highest BCUT2D eigenvalue weighted by molar-refractivity contribution is 7.90. The van der Waals surface area contributed by atoms with E-state index in [1.54, 1.807) is 0 Å². The molecule has 0 atom stereocenters. The third kappa shape index (κ3) is 2.93. The SMILES string of the molecule is COC(=O)c1ccc(S(C)(=O)=O)c(C(=O)OC)c1C. The second-order valence-corrected chi connectivity index (χ2v) is 5.85. The van der Waals surface area contributed by atoms with Crippen LogP contribution in [-0.4, -0.2) is 40.8 Å². The molecule has 0 aliphatic carbocycles. The fraction of sp³-hybridized carbons (Fsp3) is 0.333. The van der Waals surface area contributed by atoms with Crippen molar-refractivity contribution in [2.45, 2.75) is 11.8 Å². The number of esters is 2. The Hall–Kier alpha value is -1.89. The summed E-state index contributed by atoms with van der Waals surface area (Å²) in [6, 6.07) is 2.50. The summed E-state index contributed by atoms with van der Waals surface area (Å²) in [6.07, 6.45) is 0.978. The minimum Gasteiger partial charge on any atom is -0.465 e. The predicted molar refractivity (Wildman–Crippen MR) is 67.0 cm³/mol. The average Bonchev–Trinajstić information content (AvgIpc) is 2.35. The van der Waals surface area contributed by atoms with Crippen LogP contribution < -0.4 is 0 Å². The molecule has 1 rings (SSSR count). The fourth-order valence-corrected chi connectivity index (χ4v) is 2.61. The van der Waals surface area contributed by atoms with E-state index in [-0.39, 0.29) is 21.6 Å². The quantitative estimate of drug-likeness (QED) is 0.769. The van der Waals surface area contributed by atoms with Gasteiger partial charge >= 0.3 is 11.9 Å². The first-order chi connectivity index (χ1) is 8.73. The molecule has 0 N–H and O–H groups in total. The zero-order chi connectivity index (χ0) is 14.8. The summed E-state index contributed by atoms with van der Waals surface area (Å²) in [7, 11) is -1.28. The molecule has 1 aromatic carbocycles. The van der Waals surface area contributed by atoms with Gasteiger partial charge in [-0.3, -0.25) is 0 Å². The largest absolute Gasteiger partial charge is 0.465 e. The molecule has 0 saturated carbocycles. The third-order valence-electron chi connectivity index (χ3n) is 2.62. The molecule has 7 heteroatoms. The van der Waals surface area contributed by atoms with E-state index in [9.17, 15) is 18.0 Å². The summed E-state index contributed by atoms with van der Waals surface area (Å²) in [5.74, 6) is -1.47. The lowest BCUT2D eigenvalue weighted by molar-refractivity contribution is 0.0594. The first-order valence-corrected chi connectivity index (χ1v) is 7.13. The van der Waals surface area contributed by atoms with Gasteiger partial charge in [0, 0.05) is 6.26 Å². The zero-order valence-electron chi connectivity index (χ0n) is 11.0. The molecular formula is C12H14O6S. The number of sulfone groups is 1. The number of benzene rings is 1. The molecular weight excluding hydrogens is 272 g/mol. The van der Waals surface area contributed by atoms with Gasteiger partial charge in [-0.05, 0) is 24.6 Å². The molecule has 0 heterocycles. The van der Waals surface area contributed by atoms with Crippen LogP contribution in [0.5, 0.6) is 0 Å². The number of rotatable bonds is 3. The van der Waals surface area contributed by atoms with Gasteiger partial charge in [-0.2, -0.15) is 0 Å². The van der Waals surface area contributed by atoms with Crippen LogP contribution in [0.2, 0.25) is 0 Å². The highest BCUT2D eigenvalue weighted by atomic mass is 32.2. The molecule has 19 heavy (non-hydrogen) atoms. The summed E-state index contributed by atoms with van der Waals surface area (Å²) in [4.78, 5) is 23.1. The standard InChI is InChI=1S/C12H14O6S/c1-7-8(11(13)17-2)5-6-9(19(4,15)16)10(7)12(14)18-3/h5-6H,1-4H3. The Kier molecular flexibility index (Phi) is 4.31. The number of hydrogen-bond acceptors (Lipinski definition) is 6. The summed E-state index contributed by atoms with van der Waals surface area (Å²) in [6.45, 7) is 1.47. The van der Waals surface area contributed by atoms with Crippen molar-refractivity contribution in [2.24, 2.45) is 0 Å². The van der Waals surface area contributed by atoms with Crippen LogP contribution in [0.4, 0.5) is 0 Å². The van der Waals surface area contributed by atoms with Crippen LogP contribution in [0.1, 0.15) is 26.3 Å². The van der Waals surface area contributed by atoms with Crippen LogP contribution in [0.3, 0.4) is 0 Å². The maximum absolute atomic E-state index is 11.7. The van der Waals surface area contributed by atoms with E-state index in [1.807, 2.05) is 0 Å². The normalized spacial score (nSPS) is 10.9. The molecule has 1 aromatic rings. The van der Waals surface area contributed by atoms with E-state index >= 15 is 0 Å². The molecule has 0 amide bonds. The van der Waals surface area contributed by atoms with Crippen LogP contribution in [0.25, 0.3) is 0 Å². The van der Waals surface area contributed by atoms with Gasteiger partial charge in [-0.25, -0.2) is 18.0 Å². The van der Waals surface area contributed by atoms with Gasteiger partial charge in [0.25, 0.3) is 0 Å². The van der Waals surface area contributed by atoms with E-state index in [0.29, 0.717) is 0 Å². The summed E-state index contributed by atoms with van der Waals surface area (Å²) >= 11 is 0. The van der Waals surface area contributed by atoms with Gasteiger partial charge < -0.3 is 9.47 Å². The molecule has 0 bridgehead atoms. The van der Waals surface area contributed by atoms with Crippen molar-refractivity contribution >= 4 is 21.8 Å². The molecule has 0 aliphatic rings. The molecule has 0 aromatic heterocycles. The van der Waals surface area contributed by atoms with Crippen molar-refractivity contribution in [1.29, 1.82) is 0 Å². The molecule has 0 radical (unpaired) electrons. The van der Waals surface area contributed by atoms with Crippen LogP contribution in [0.15, 0.2) is 17.0 Å². The van der Waals surface area contributed by atoms with Gasteiger partial charge in [0.2, 0.25) is 0 Å². The Bertz CT molecular complexity index is 630. The van der Waals surface area contributed by atoms with Gasteiger partial charge in [0.15, 0.2) is 9.84 Å². The number of hydrogen-bond donors (Lipinski definition) is 0. The number of carbonyl (C=O) groups is 2. The van der Waals surface area contributed by atoms with Crippen molar-refractivity contribution in [1.82, 2.24) is 0 Å². The Morgan fingerprint density at radius 2 is 1.58 bits per heavy atom. The van der Waals surface area contributed by atoms with Crippen molar-refractivity contribution in [3.8, 4) is 0 Å². The van der Waals surface area contributed by atoms with E-state index < -0.39 is 21.8 Å².